The number of anilines is 1. The molecule has 2 aromatic rings. The summed E-state index contributed by atoms with van der Waals surface area (Å²) in [6.45, 7) is 9.60. The second-order valence-corrected chi connectivity index (χ2v) is 7.58. The quantitative estimate of drug-likeness (QED) is 0.817. The smallest absolute Gasteiger partial charge is 0.260 e. The number of benzene rings is 2. The SMILES string of the molecule is CC(Oc1ccc(C(C)(C)C)cc1)C(=O)NCCN(C)c1ccccc1. The van der Waals surface area contributed by atoms with Gasteiger partial charge in [0.1, 0.15) is 5.75 Å². The van der Waals surface area contributed by atoms with Crippen LogP contribution >= 0.6 is 0 Å². The van der Waals surface area contributed by atoms with Gasteiger partial charge in [0, 0.05) is 25.8 Å². The highest BCUT2D eigenvalue weighted by atomic mass is 16.5. The molecule has 0 bridgehead atoms. The summed E-state index contributed by atoms with van der Waals surface area (Å²) in [5, 5.41) is 2.93. The van der Waals surface area contributed by atoms with Crippen LogP contribution in [0.3, 0.4) is 0 Å². The Bertz CT molecular complexity index is 690. The Morgan fingerprint density at radius 2 is 1.69 bits per heavy atom. The molecule has 0 aliphatic heterocycles. The fraction of sp³-hybridized carbons (Fsp3) is 0.409. The summed E-state index contributed by atoms with van der Waals surface area (Å²) < 4.78 is 5.76. The Kier molecular flexibility index (Phi) is 6.67. The van der Waals surface area contributed by atoms with Crippen molar-refractivity contribution in [3.05, 3.63) is 60.2 Å². The molecular formula is C22H30N2O2. The van der Waals surface area contributed by atoms with Crippen molar-refractivity contribution in [2.24, 2.45) is 0 Å². The zero-order valence-corrected chi connectivity index (χ0v) is 16.5. The van der Waals surface area contributed by atoms with Crippen LogP contribution in [0.1, 0.15) is 33.3 Å². The summed E-state index contributed by atoms with van der Waals surface area (Å²) in [5.74, 6) is 0.605. The summed E-state index contributed by atoms with van der Waals surface area (Å²) in [6.07, 6.45) is -0.530. The van der Waals surface area contributed by atoms with E-state index in [2.05, 4.69) is 55.3 Å². The zero-order valence-electron chi connectivity index (χ0n) is 16.5. The van der Waals surface area contributed by atoms with Gasteiger partial charge >= 0.3 is 0 Å². The fourth-order valence-corrected chi connectivity index (χ4v) is 2.59. The molecule has 0 aromatic heterocycles. The first-order valence-corrected chi connectivity index (χ1v) is 9.08. The van der Waals surface area contributed by atoms with Crippen LogP contribution in [-0.4, -0.2) is 32.1 Å². The van der Waals surface area contributed by atoms with Gasteiger partial charge in [0.2, 0.25) is 0 Å². The maximum absolute atomic E-state index is 12.2. The van der Waals surface area contributed by atoms with Crippen molar-refractivity contribution in [1.82, 2.24) is 5.32 Å². The molecule has 4 heteroatoms. The second kappa shape index (κ2) is 8.75. The summed E-state index contributed by atoms with van der Waals surface area (Å²) in [7, 11) is 2.01. The van der Waals surface area contributed by atoms with Gasteiger partial charge in [-0.25, -0.2) is 0 Å². The number of nitrogens with one attached hydrogen (secondary N) is 1. The molecule has 0 fully saturated rings. The summed E-state index contributed by atoms with van der Waals surface area (Å²) in [4.78, 5) is 14.3. The van der Waals surface area contributed by atoms with Crippen molar-refractivity contribution >= 4 is 11.6 Å². The Morgan fingerprint density at radius 1 is 1.08 bits per heavy atom. The van der Waals surface area contributed by atoms with Gasteiger partial charge in [0.25, 0.3) is 5.91 Å². The number of rotatable bonds is 7. The molecule has 2 rings (SSSR count). The van der Waals surface area contributed by atoms with Gasteiger partial charge in [-0.3, -0.25) is 4.79 Å². The maximum Gasteiger partial charge on any atom is 0.260 e. The van der Waals surface area contributed by atoms with Crippen LogP contribution in [0.25, 0.3) is 0 Å². The van der Waals surface area contributed by atoms with Gasteiger partial charge in [-0.15, -0.1) is 0 Å². The van der Waals surface area contributed by atoms with Gasteiger partial charge in [-0.2, -0.15) is 0 Å². The molecule has 2 aromatic carbocycles. The van der Waals surface area contributed by atoms with E-state index in [1.165, 1.54) is 5.56 Å². The Hall–Kier alpha value is -2.49. The molecule has 0 radical (unpaired) electrons. The number of hydrogen-bond donors (Lipinski definition) is 1. The molecule has 1 unspecified atom stereocenters. The number of likely N-dealkylation sites (N-methyl/N-ethyl adjacent to an activating group) is 1. The highest BCUT2D eigenvalue weighted by Crippen LogP contribution is 2.24. The Balaban J connectivity index is 1.78. The molecule has 0 saturated carbocycles. The fourth-order valence-electron chi connectivity index (χ4n) is 2.59. The number of nitrogens with zero attached hydrogens (tertiary/aromatic N) is 1. The molecule has 140 valence electrons. The van der Waals surface area contributed by atoms with Gasteiger partial charge in [-0.1, -0.05) is 51.1 Å². The van der Waals surface area contributed by atoms with E-state index in [4.69, 9.17) is 4.74 Å². The number of amides is 1. The van der Waals surface area contributed by atoms with Crippen LogP contribution < -0.4 is 15.0 Å². The van der Waals surface area contributed by atoms with E-state index in [0.717, 1.165) is 12.2 Å². The average molecular weight is 354 g/mol. The molecule has 1 N–H and O–H groups in total. The minimum Gasteiger partial charge on any atom is -0.481 e. The standard InChI is InChI=1S/C22H30N2O2/c1-17(26-20-13-11-18(12-14-20)22(2,3)4)21(25)23-15-16-24(5)19-9-7-6-8-10-19/h6-14,17H,15-16H2,1-5H3,(H,23,25). The van der Waals surface area contributed by atoms with Crippen molar-refractivity contribution < 1.29 is 9.53 Å². The van der Waals surface area contributed by atoms with Gasteiger partial charge < -0.3 is 15.0 Å². The van der Waals surface area contributed by atoms with Crippen LogP contribution in [0.4, 0.5) is 5.69 Å². The third-order valence-electron chi connectivity index (χ3n) is 4.35. The normalized spacial score (nSPS) is 12.3. The summed E-state index contributed by atoms with van der Waals surface area (Å²) in [6, 6.07) is 18.1. The number of carbonyl (C=O) groups excluding carboxylic acids is 1. The van der Waals surface area contributed by atoms with Crippen LogP contribution in [-0.2, 0) is 10.2 Å². The van der Waals surface area contributed by atoms with Crippen LogP contribution in [0, 0.1) is 0 Å². The molecule has 26 heavy (non-hydrogen) atoms. The van der Waals surface area contributed by atoms with E-state index in [1.807, 2.05) is 37.4 Å². The first kappa shape index (κ1) is 19.8. The maximum atomic E-state index is 12.2. The molecule has 0 aliphatic rings. The van der Waals surface area contributed by atoms with Crippen molar-refractivity contribution in [2.75, 3.05) is 25.0 Å². The summed E-state index contributed by atoms with van der Waals surface area (Å²) in [5.41, 5.74) is 2.47. The molecule has 1 amide bonds. The molecule has 4 nitrogen and oxygen atoms in total. The van der Waals surface area contributed by atoms with Crippen molar-refractivity contribution in [3.8, 4) is 5.75 Å². The number of hydrogen-bond acceptors (Lipinski definition) is 3. The molecule has 0 heterocycles. The van der Waals surface area contributed by atoms with Crippen LogP contribution in [0.2, 0.25) is 0 Å². The largest absolute Gasteiger partial charge is 0.481 e. The lowest BCUT2D eigenvalue weighted by Gasteiger charge is -2.21. The lowest BCUT2D eigenvalue weighted by Crippen LogP contribution is -2.40. The Morgan fingerprint density at radius 3 is 2.27 bits per heavy atom. The van der Waals surface area contributed by atoms with E-state index in [-0.39, 0.29) is 11.3 Å². The van der Waals surface area contributed by atoms with Crippen molar-refractivity contribution in [1.29, 1.82) is 0 Å². The predicted octanol–water partition coefficient (Wildman–Crippen LogP) is 4.00. The van der Waals surface area contributed by atoms with Gasteiger partial charge in [0.15, 0.2) is 6.10 Å². The highest BCUT2D eigenvalue weighted by molar-refractivity contribution is 5.80. The van der Waals surface area contributed by atoms with E-state index in [9.17, 15) is 4.79 Å². The number of para-hydroxylation sites is 1. The number of ether oxygens (including phenoxy) is 1. The van der Waals surface area contributed by atoms with Crippen molar-refractivity contribution in [3.63, 3.8) is 0 Å². The first-order chi connectivity index (χ1) is 12.3. The second-order valence-electron chi connectivity index (χ2n) is 7.58. The minimum atomic E-state index is -0.530. The topological polar surface area (TPSA) is 41.6 Å². The lowest BCUT2D eigenvalue weighted by molar-refractivity contribution is -0.127. The monoisotopic (exact) mass is 354 g/mol. The van der Waals surface area contributed by atoms with E-state index in [1.54, 1.807) is 6.92 Å². The predicted molar refractivity (Wildman–Crippen MR) is 108 cm³/mol. The van der Waals surface area contributed by atoms with E-state index >= 15 is 0 Å². The summed E-state index contributed by atoms with van der Waals surface area (Å²) >= 11 is 0. The third kappa shape index (κ3) is 5.80. The average Bonchev–Trinajstić information content (AvgIpc) is 2.62. The van der Waals surface area contributed by atoms with E-state index < -0.39 is 6.10 Å². The zero-order chi connectivity index (χ0) is 19.2. The molecular weight excluding hydrogens is 324 g/mol. The van der Waals surface area contributed by atoms with Crippen LogP contribution in [0.5, 0.6) is 5.75 Å². The molecule has 1 atom stereocenters. The van der Waals surface area contributed by atoms with Gasteiger partial charge in [-0.05, 0) is 42.2 Å². The third-order valence-corrected chi connectivity index (χ3v) is 4.35. The Labute approximate surface area is 157 Å². The molecule has 0 saturated heterocycles. The molecule has 0 aliphatic carbocycles. The minimum absolute atomic E-state index is 0.103. The van der Waals surface area contributed by atoms with Gasteiger partial charge in [0.05, 0.1) is 0 Å². The van der Waals surface area contributed by atoms with Crippen molar-refractivity contribution in [2.45, 2.75) is 39.2 Å². The first-order valence-electron chi connectivity index (χ1n) is 9.08. The highest BCUT2D eigenvalue weighted by Gasteiger charge is 2.16. The molecule has 0 spiro atoms. The lowest BCUT2D eigenvalue weighted by atomic mass is 9.87. The van der Waals surface area contributed by atoms with E-state index in [0.29, 0.717) is 12.3 Å². The van der Waals surface area contributed by atoms with Crippen LogP contribution in [0.15, 0.2) is 54.6 Å². The number of carbonyl (C=O) groups is 1.